The Balaban J connectivity index is 2.21. The highest BCUT2D eigenvalue weighted by atomic mass is 35.5. The van der Waals surface area contributed by atoms with Crippen molar-refractivity contribution in [3.8, 4) is 0 Å². The van der Waals surface area contributed by atoms with Crippen molar-refractivity contribution < 1.29 is 4.79 Å². The van der Waals surface area contributed by atoms with Gasteiger partial charge in [-0.05, 0) is 67.5 Å². The maximum absolute atomic E-state index is 12.5. The number of anilines is 1. The van der Waals surface area contributed by atoms with Gasteiger partial charge in [0, 0.05) is 16.3 Å². The maximum Gasteiger partial charge on any atom is 0.255 e. The average Bonchev–Trinajstić information content (AvgIpc) is 2.50. The summed E-state index contributed by atoms with van der Waals surface area (Å²) in [7, 11) is 0. The molecule has 1 N–H and O–H groups in total. The lowest BCUT2D eigenvalue weighted by Crippen LogP contribution is -2.13. The van der Waals surface area contributed by atoms with Gasteiger partial charge in [0.1, 0.15) is 0 Å². The smallest absolute Gasteiger partial charge is 0.255 e. The van der Waals surface area contributed by atoms with Gasteiger partial charge in [0.25, 0.3) is 5.91 Å². The van der Waals surface area contributed by atoms with Crippen molar-refractivity contribution >= 4 is 23.2 Å². The van der Waals surface area contributed by atoms with Crippen LogP contribution in [-0.2, 0) is 6.42 Å². The van der Waals surface area contributed by atoms with Crippen molar-refractivity contribution in [1.82, 2.24) is 0 Å². The molecule has 0 atom stereocenters. The van der Waals surface area contributed by atoms with E-state index >= 15 is 0 Å². The van der Waals surface area contributed by atoms with Crippen LogP contribution in [0.2, 0.25) is 5.02 Å². The zero-order chi connectivity index (χ0) is 17.9. The minimum absolute atomic E-state index is 0.127. The first-order valence-electron chi connectivity index (χ1n) is 8.33. The molecule has 128 valence electrons. The van der Waals surface area contributed by atoms with Crippen LogP contribution in [0.25, 0.3) is 0 Å². The third-order valence-electron chi connectivity index (χ3n) is 4.17. The van der Waals surface area contributed by atoms with Crippen molar-refractivity contribution in [2.24, 2.45) is 5.41 Å². The first-order chi connectivity index (χ1) is 11.2. The molecule has 3 heteroatoms. The van der Waals surface area contributed by atoms with Gasteiger partial charge in [-0.25, -0.2) is 0 Å². The average molecular weight is 344 g/mol. The number of benzene rings is 2. The minimum Gasteiger partial charge on any atom is -0.322 e. The third-order valence-corrected chi connectivity index (χ3v) is 4.56. The number of amides is 1. The Morgan fingerprint density at radius 2 is 1.71 bits per heavy atom. The first kappa shape index (κ1) is 18.5. The van der Waals surface area contributed by atoms with Gasteiger partial charge in [-0.3, -0.25) is 4.79 Å². The van der Waals surface area contributed by atoms with E-state index in [1.54, 1.807) is 6.07 Å². The second kappa shape index (κ2) is 7.40. The Morgan fingerprint density at radius 1 is 1.08 bits per heavy atom. The molecule has 0 fully saturated rings. The van der Waals surface area contributed by atoms with E-state index in [0.717, 1.165) is 35.2 Å². The van der Waals surface area contributed by atoms with Crippen LogP contribution >= 0.6 is 11.6 Å². The molecule has 24 heavy (non-hydrogen) atoms. The molecule has 0 saturated carbocycles. The van der Waals surface area contributed by atoms with E-state index in [-0.39, 0.29) is 11.3 Å². The molecule has 0 saturated heterocycles. The van der Waals surface area contributed by atoms with Crippen molar-refractivity contribution in [3.05, 3.63) is 63.7 Å². The molecule has 2 aromatic carbocycles. The van der Waals surface area contributed by atoms with Gasteiger partial charge in [0.05, 0.1) is 0 Å². The van der Waals surface area contributed by atoms with Gasteiger partial charge in [0.15, 0.2) is 0 Å². The maximum atomic E-state index is 12.5. The number of halogens is 1. The van der Waals surface area contributed by atoms with E-state index in [2.05, 4.69) is 26.1 Å². The number of carbonyl (C=O) groups is 1. The summed E-state index contributed by atoms with van der Waals surface area (Å²) in [5.41, 5.74) is 5.02. The number of hydrogen-bond donors (Lipinski definition) is 1. The first-order valence-corrected chi connectivity index (χ1v) is 8.70. The van der Waals surface area contributed by atoms with Gasteiger partial charge in [0.2, 0.25) is 0 Å². The van der Waals surface area contributed by atoms with Crippen LogP contribution < -0.4 is 5.32 Å². The van der Waals surface area contributed by atoms with Crippen LogP contribution in [0.5, 0.6) is 0 Å². The molecule has 2 rings (SSSR count). The van der Waals surface area contributed by atoms with Crippen molar-refractivity contribution in [3.63, 3.8) is 0 Å². The Bertz CT molecular complexity index is 727. The Labute approximate surface area is 150 Å². The molecular formula is C21H26ClNO. The van der Waals surface area contributed by atoms with Crippen LogP contribution in [0.15, 0.2) is 36.4 Å². The van der Waals surface area contributed by atoms with Crippen LogP contribution in [0.3, 0.4) is 0 Å². The third kappa shape index (κ3) is 5.10. The van der Waals surface area contributed by atoms with Gasteiger partial charge >= 0.3 is 0 Å². The molecule has 0 aliphatic rings. The van der Waals surface area contributed by atoms with E-state index in [0.29, 0.717) is 10.6 Å². The second-order valence-electron chi connectivity index (χ2n) is 7.62. The second-order valence-corrected chi connectivity index (χ2v) is 8.03. The van der Waals surface area contributed by atoms with E-state index in [1.165, 1.54) is 0 Å². The lowest BCUT2D eigenvalue weighted by Gasteiger charge is -2.19. The van der Waals surface area contributed by atoms with E-state index in [4.69, 9.17) is 11.6 Å². The number of nitrogens with one attached hydrogen (secondary N) is 1. The van der Waals surface area contributed by atoms with E-state index in [1.807, 2.05) is 44.2 Å². The summed E-state index contributed by atoms with van der Waals surface area (Å²) in [5.74, 6) is -0.127. The van der Waals surface area contributed by atoms with E-state index in [9.17, 15) is 4.79 Å². The minimum atomic E-state index is -0.127. The fraction of sp³-hybridized carbons (Fsp3) is 0.381. The molecule has 0 unspecified atom stereocenters. The van der Waals surface area contributed by atoms with Crippen molar-refractivity contribution in [2.75, 3.05) is 5.32 Å². The zero-order valence-corrected chi connectivity index (χ0v) is 15.9. The summed E-state index contributed by atoms with van der Waals surface area (Å²) >= 11 is 6.36. The molecule has 0 spiro atoms. The number of hydrogen-bond acceptors (Lipinski definition) is 1. The molecule has 0 aliphatic heterocycles. The van der Waals surface area contributed by atoms with Crippen molar-refractivity contribution in [2.45, 2.75) is 47.5 Å². The highest BCUT2D eigenvalue weighted by Crippen LogP contribution is 2.27. The Kier molecular flexibility index (Phi) is 5.71. The van der Waals surface area contributed by atoms with Crippen molar-refractivity contribution in [1.29, 1.82) is 0 Å². The Morgan fingerprint density at radius 3 is 2.29 bits per heavy atom. The van der Waals surface area contributed by atoms with Gasteiger partial charge < -0.3 is 5.32 Å². The molecule has 0 bridgehead atoms. The number of aryl methyl sites for hydroxylation is 2. The van der Waals surface area contributed by atoms with E-state index < -0.39 is 0 Å². The highest BCUT2D eigenvalue weighted by Gasteiger charge is 2.15. The molecule has 1 amide bonds. The van der Waals surface area contributed by atoms with Gasteiger partial charge in [-0.1, -0.05) is 50.1 Å². The molecule has 2 nitrogen and oxygen atoms in total. The number of rotatable bonds is 4. The normalized spacial score (nSPS) is 11.4. The molecule has 2 aromatic rings. The zero-order valence-electron chi connectivity index (χ0n) is 15.2. The fourth-order valence-electron chi connectivity index (χ4n) is 2.48. The summed E-state index contributed by atoms with van der Waals surface area (Å²) in [6, 6.07) is 11.5. The van der Waals surface area contributed by atoms with Crippen LogP contribution in [-0.4, -0.2) is 5.91 Å². The van der Waals surface area contributed by atoms with Gasteiger partial charge in [-0.15, -0.1) is 0 Å². The monoisotopic (exact) mass is 343 g/mol. The topological polar surface area (TPSA) is 29.1 Å². The fourth-order valence-corrected chi connectivity index (χ4v) is 2.72. The predicted molar refractivity (Wildman–Crippen MR) is 103 cm³/mol. The summed E-state index contributed by atoms with van der Waals surface area (Å²) in [6.07, 6.45) is 1.97. The van der Waals surface area contributed by atoms with Gasteiger partial charge in [-0.2, -0.15) is 0 Å². The summed E-state index contributed by atoms with van der Waals surface area (Å²) in [4.78, 5) is 12.5. The summed E-state index contributed by atoms with van der Waals surface area (Å²) < 4.78 is 0. The molecule has 0 heterocycles. The number of carbonyl (C=O) groups excluding carboxylic acids is 1. The van der Waals surface area contributed by atoms with Crippen LogP contribution in [0, 0.1) is 19.3 Å². The lowest BCUT2D eigenvalue weighted by atomic mass is 9.87. The highest BCUT2D eigenvalue weighted by molar-refractivity contribution is 6.32. The molecule has 0 radical (unpaired) electrons. The summed E-state index contributed by atoms with van der Waals surface area (Å²) in [6.45, 7) is 10.7. The lowest BCUT2D eigenvalue weighted by molar-refractivity contribution is 0.102. The standard InChI is InChI=1S/C21H26ClNO/c1-14-6-8-18(9-7-14)23-20(24)17-12-16(10-11-21(3,4)5)15(2)19(22)13-17/h6-9,12-13H,10-11H2,1-5H3,(H,23,24). The Hall–Kier alpha value is -1.80. The largest absolute Gasteiger partial charge is 0.322 e. The quantitative estimate of drug-likeness (QED) is 0.704. The summed E-state index contributed by atoms with van der Waals surface area (Å²) in [5, 5.41) is 3.58. The molecule has 0 aromatic heterocycles. The van der Waals surface area contributed by atoms with Crippen LogP contribution in [0.1, 0.15) is 54.2 Å². The molecular weight excluding hydrogens is 318 g/mol. The SMILES string of the molecule is Cc1ccc(NC(=O)c2cc(Cl)c(C)c(CCC(C)(C)C)c2)cc1. The predicted octanol–water partition coefficient (Wildman–Crippen LogP) is 6.19. The van der Waals surface area contributed by atoms with Crippen LogP contribution in [0.4, 0.5) is 5.69 Å². The molecule has 0 aliphatic carbocycles.